The van der Waals surface area contributed by atoms with Gasteiger partial charge >= 0.3 is 0 Å². The Morgan fingerprint density at radius 3 is 2.23 bits per heavy atom. The summed E-state index contributed by atoms with van der Waals surface area (Å²) < 4.78 is 0. The lowest BCUT2D eigenvalue weighted by atomic mass is 10.0. The Labute approximate surface area is 151 Å². The normalized spacial score (nSPS) is 11.2. The molecule has 0 radical (unpaired) electrons. The summed E-state index contributed by atoms with van der Waals surface area (Å²) in [4.78, 5) is 12.3. The van der Waals surface area contributed by atoms with Crippen LogP contribution >= 0.6 is 0 Å². The quantitative estimate of drug-likeness (QED) is 0.380. The number of aromatic hydroxyl groups is 2. The highest BCUT2D eigenvalue weighted by molar-refractivity contribution is 6.03. The molecule has 0 bridgehead atoms. The molecule has 3 aromatic carbocycles. The first kappa shape index (κ1) is 17.2. The van der Waals surface area contributed by atoms with Crippen molar-refractivity contribution >= 4 is 11.6 Å². The zero-order chi connectivity index (χ0) is 18.5. The van der Waals surface area contributed by atoms with Gasteiger partial charge in [0.1, 0.15) is 11.5 Å². The van der Waals surface area contributed by atoms with Crippen LogP contribution in [0.25, 0.3) is 11.1 Å². The third-order valence-corrected chi connectivity index (χ3v) is 3.95. The average molecular weight is 346 g/mol. The number of carbonyl (C=O) groups excluding carboxylic acids is 1. The van der Waals surface area contributed by atoms with Crippen LogP contribution in [0.5, 0.6) is 11.5 Å². The van der Waals surface area contributed by atoms with Crippen molar-refractivity contribution in [1.82, 2.24) is 5.43 Å². The molecule has 0 atom stereocenters. The van der Waals surface area contributed by atoms with Crippen molar-refractivity contribution in [2.45, 2.75) is 6.92 Å². The summed E-state index contributed by atoms with van der Waals surface area (Å²) in [5.74, 6) is -0.371. The molecule has 0 aromatic heterocycles. The molecule has 0 aliphatic heterocycles. The van der Waals surface area contributed by atoms with Crippen LogP contribution < -0.4 is 5.43 Å². The Hall–Kier alpha value is -3.60. The predicted octanol–water partition coefficient (Wildman–Crippen LogP) is 3.92. The number of hydrazone groups is 1. The minimum atomic E-state index is -0.358. The first-order valence-corrected chi connectivity index (χ1v) is 8.07. The molecule has 26 heavy (non-hydrogen) atoms. The van der Waals surface area contributed by atoms with Crippen molar-refractivity contribution in [3.05, 3.63) is 83.9 Å². The molecule has 130 valence electrons. The second-order valence-corrected chi connectivity index (χ2v) is 5.78. The van der Waals surface area contributed by atoms with Crippen molar-refractivity contribution in [3.8, 4) is 22.6 Å². The summed E-state index contributed by atoms with van der Waals surface area (Å²) in [5.41, 5.74) is 5.76. The lowest BCUT2D eigenvalue weighted by Crippen LogP contribution is -2.19. The van der Waals surface area contributed by atoms with Crippen LogP contribution in [-0.2, 0) is 0 Å². The van der Waals surface area contributed by atoms with Gasteiger partial charge in [-0.3, -0.25) is 4.79 Å². The minimum absolute atomic E-state index is 0.00942. The fraction of sp³-hybridized carbons (Fsp3) is 0.0476. The summed E-state index contributed by atoms with van der Waals surface area (Å²) in [7, 11) is 0. The number of carbonyl (C=O) groups is 1. The molecule has 0 fully saturated rings. The number of nitrogens with zero attached hydrogens (tertiary/aromatic N) is 1. The summed E-state index contributed by atoms with van der Waals surface area (Å²) >= 11 is 0. The predicted molar refractivity (Wildman–Crippen MR) is 101 cm³/mol. The second kappa shape index (κ2) is 7.53. The molecule has 3 N–H and O–H groups in total. The Balaban J connectivity index is 1.73. The van der Waals surface area contributed by atoms with Crippen molar-refractivity contribution in [2.75, 3.05) is 0 Å². The van der Waals surface area contributed by atoms with Crippen LogP contribution in [-0.4, -0.2) is 21.8 Å². The van der Waals surface area contributed by atoms with E-state index < -0.39 is 0 Å². The zero-order valence-corrected chi connectivity index (χ0v) is 14.2. The van der Waals surface area contributed by atoms with Gasteiger partial charge in [-0.2, -0.15) is 5.10 Å². The number of benzene rings is 3. The van der Waals surface area contributed by atoms with E-state index in [9.17, 15) is 15.0 Å². The maximum absolute atomic E-state index is 12.3. The number of hydrogen-bond donors (Lipinski definition) is 3. The van der Waals surface area contributed by atoms with Gasteiger partial charge in [0.2, 0.25) is 0 Å². The molecule has 5 heteroatoms. The van der Waals surface area contributed by atoms with Gasteiger partial charge in [0.15, 0.2) is 0 Å². The van der Waals surface area contributed by atoms with Gasteiger partial charge in [0.25, 0.3) is 5.91 Å². The molecule has 0 heterocycles. The number of hydrogen-bond acceptors (Lipinski definition) is 4. The molecule has 3 rings (SSSR count). The molecule has 5 nitrogen and oxygen atoms in total. The van der Waals surface area contributed by atoms with Crippen molar-refractivity contribution in [2.24, 2.45) is 5.10 Å². The number of phenols is 2. The van der Waals surface area contributed by atoms with Gasteiger partial charge in [-0.25, -0.2) is 5.43 Å². The van der Waals surface area contributed by atoms with E-state index in [2.05, 4.69) is 10.5 Å². The lowest BCUT2D eigenvalue weighted by molar-refractivity contribution is 0.0955. The third kappa shape index (κ3) is 3.89. The van der Waals surface area contributed by atoms with Crippen LogP contribution in [0.3, 0.4) is 0 Å². The maximum atomic E-state index is 12.3. The van der Waals surface area contributed by atoms with Gasteiger partial charge in [-0.15, -0.1) is 0 Å². The maximum Gasteiger partial charge on any atom is 0.271 e. The van der Waals surface area contributed by atoms with E-state index in [1.165, 1.54) is 18.2 Å². The first-order chi connectivity index (χ1) is 12.5. The summed E-state index contributed by atoms with van der Waals surface area (Å²) in [6, 6.07) is 21.2. The standard InChI is InChI=1S/C21H18N2O3/c1-14(19-13-18(24)11-12-20(19)25)22-23-21(26)17-9-7-16(8-10-17)15-5-3-2-4-6-15/h2-13,24-25H,1H3,(H,23,26)/b22-14+. The van der Waals surface area contributed by atoms with Crippen LogP contribution in [0.4, 0.5) is 0 Å². The van der Waals surface area contributed by atoms with Gasteiger partial charge in [-0.1, -0.05) is 42.5 Å². The fourth-order valence-electron chi connectivity index (χ4n) is 2.52. The van der Waals surface area contributed by atoms with Gasteiger partial charge in [-0.05, 0) is 48.4 Å². The Bertz CT molecular complexity index is 949. The van der Waals surface area contributed by atoms with E-state index in [4.69, 9.17) is 0 Å². The van der Waals surface area contributed by atoms with Crippen LogP contribution in [0.15, 0.2) is 77.9 Å². The topological polar surface area (TPSA) is 81.9 Å². The molecule has 0 saturated carbocycles. The van der Waals surface area contributed by atoms with E-state index >= 15 is 0 Å². The van der Waals surface area contributed by atoms with E-state index in [1.807, 2.05) is 42.5 Å². The third-order valence-electron chi connectivity index (χ3n) is 3.95. The Morgan fingerprint density at radius 2 is 1.54 bits per heavy atom. The van der Waals surface area contributed by atoms with Gasteiger partial charge < -0.3 is 10.2 Å². The average Bonchev–Trinajstić information content (AvgIpc) is 2.68. The molecule has 3 aromatic rings. The Morgan fingerprint density at radius 1 is 0.885 bits per heavy atom. The number of phenolic OH excluding ortho intramolecular Hbond substituents is 2. The van der Waals surface area contributed by atoms with E-state index in [0.717, 1.165) is 11.1 Å². The molecule has 0 saturated heterocycles. The van der Waals surface area contributed by atoms with E-state index in [1.54, 1.807) is 19.1 Å². The van der Waals surface area contributed by atoms with Crippen molar-refractivity contribution < 1.29 is 15.0 Å². The van der Waals surface area contributed by atoms with Crippen molar-refractivity contribution in [3.63, 3.8) is 0 Å². The number of amides is 1. The number of nitrogens with one attached hydrogen (secondary N) is 1. The van der Waals surface area contributed by atoms with Gasteiger partial charge in [0, 0.05) is 11.1 Å². The van der Waals surface area contributed by atoms with Crippen LogP contribution in [0.1, 0.15) is 22.8 Å². The minimum Gasteiger partial charge on any atom is -0.508 e. The van der Waals surface area contributed by atoms with Crippen molar-refractivity contribution in [1.29, 1.82) is 0 Å². The molecular formula is C21H18N2O3. The highest BCUT2D eigenvalue weighted by Gasteiger charge is 2.08. The summed E-state index contributed by atoms with van der Waals surface area (Å²) in [6.45, 7) is 1.63. The smallest absolute Gasteiger partial charge is 0.271 e. The SMILES string of the molecule is C/C(=N\NC(=O)c1ccc(-c2ccccc2)cc1)c1cc(O)ccc1O. The van der Waals surface area contributed by atoms with Gasteiger partial charge in [0.05, 0.1) is 5.71 Å². The summed E-state index contributed by atoms with van der Waals surface area (Å²) in [5, 5.41) is 23.3. The van der Waals surface area contributed by atoms with Crippen LogP contribution in [0, 0.1) is 0 Å². The van der Waals surface area contributed by atoms with E-state index in [-0.39, 0.29) is 17.4 Å². The summed E-state index contributed by atoms with van der Waals surface area (Å²) in [6.07, 6.45) is 0. The first-order valence-electron chi connectivity index (χ1n) is 8.07. The monoisotopic (exact) mass is 346 g/mol. The Kier molecular flexibility index (Phi) is 4.99. The zero-order valence-electron chi connectivity index (χ0n) is 14.2. The highest BCUT2D eigenvalue weighted by atomic mass is 16.3. The molecule has 0 spiro atoms. The molecule has 0 aliphatic carbocycles. The largest absolute Gasteiger partial charge is 0.508 e. The lowest BCUT2D eigenvalue weighted by Gasteiger charge is -2.06. The molecule has 1 amide bonds. The number of rotatable bonds is 4. The molecular weight excluding hydrogens is 328 g/mol. The van der Waals surface area contributed by atoms with E-state index in [0.29, 0.717) is 16.8 Å². The fourth-order valence-corrected chi connectivity index (χ4v) is 2.52. The molecule has 0 unspecified atom stereocenters. The molecule has 0 aliphatic rings. The highest BCUT2D eigenvalue weighted by Crippen LogP contribution is 2.23. The second-order valence-electron chi connectivity index (χ2n) is 5.78. The van der Waals surface area contributed by atoms with Crippen LogP contribution in [0.2, 0.25) is 0 Å².